The van der Waals surface area contributed by atoms with Gasteiger partial charge in [-0.05, 0) is 18.8 Å². The molecule has 0 saturated carbocycles. The van der Waals surface area contributed by atoms with E-state index in [1.165, 1.54) is 0 Å². The fourth-order valence-corrected chi connectivity index (χ4v) is 1.86. The molecule has 0 fully saturated rings. The van der Waals surface area contributed by atoms with E-state index in [1.807, 2.05) is 0 Å². The Morgan fingerprint density at radius 3 is 2.46 bits per heavy atom. The first-order chi connectivity index (χ1) is 5.95. The van der Waals surface area contributed by atoms with Gasteiger partial charge in [0.15, 0.2) is 0 Å². The molecule has 5 heteroatoms. The molecule has 1 aliphatic rings. The predicted molar refractivity (Wildman–Crippen MR) is 45.6 cm³/mol. The first kappa shape index (κ1) is 11.0. The van der Waals surface area contributed by atoms with E-state index >= 15 is 0 Å². The van der Waals surface area contributed by atoms with Gasteiger partial charge >= 0.3 is 6.18 Å². The molecule has 1 rings (SSSR count). The van der Waals surface area contributed by atoms with E-state index in [2.05, 4.69) is 15.9 Å². The molecule has 0 heterocycles. The highest BCUT2D eigenvalue weighted by atomic mass is 79.9. The second-order valence-electron chi connectivity index (χ2n) is 3.08. The summed E-state index contributed by atoms with van der Waals surface area (Å²) in [7, 11) is 0. The lowest BCUT2D eigenvalue weighted by Gasteiger charge is -2.24. The van der Waals surface area contributed by atoms with Crippen LogP contribution in [0, 0.1) is 5.92 Å². The molecule has 1 aliphatic carbocycles. The van der Waals surface area contributed by atoms with E-state index < -0.39 is 17.9 Å². The quantitative estimate of drug-likeness (QED) is 0.384. The summed E-state index contributed by atoms with van der Waals surface area (Å²) in [4.78, 5) is 0. The van der Waals surface area contributed by atoms with Crippen molar-refractivity contribution in [2.45, 2.75) is 25.2 Å². The van der Waals surface area contributed by atoms with Gasteiger partial charge in [-0.15, -0.1) is 0 Å². The third-order valence-corrected chi connectivity index (χ3v) is 2.90. The number of alkyl halides is 5. The summed E-state index contributed by atoms with van der Waals surface area (Å²) < 4.78 is 49.4. The molecule has 0 saturated heterocycles. The van der Waals surface area contributed by atoms with Crippen LogP contribution in [0.5, 0.6) is 0 Å². The summed E-state index contributed by atoms with van der Waals surface area (Å²) in [5, 5.41) is 0.458. The lowest BCUT2D eigenvalue weighted by molar-refractivity contribution is -0.102. The van der Waals surface area contributed by atoms with Crippen LogP contribution in [0.3, 0.4) is 0 Å². The summed E-state index contributed by atoms with van der Waals surface area (Å²) in [6, 6.07) is 0. The highest BCUT2D eigenvalue weighted by Gasteiger charge is 2.41. The summed E-state index contributed by atoms with van der Waals surface area (Å²) in [6.45, 7) is 0. The largest absolute Gasteiger partial charge is 0.415 e. The molecular formula is C8H9BrF4. The molecule has 0 radical (unpaired) electrons. The number of hydrogen-bond acceptors (Lipinski definition) is 0. The van der Waals surface area contributed by atoms with E-state index in [9.17, 15) is 17.6 Å². The van der Waals surface area contributed by atoms with Crippen LogP contribution in [0.25, 0.3) is 0 Å². The molecule has 0 aliphatic heterocycles. The van der Waals surface area contributed by atoms with Gasteiger partial charge in [-0.1, -0.05) is 22.0 Å². The minimum Gasteiger partial charge on any atom is -0.242 e. The molecule has 0 nitrogen and oxygen atoms in total. The fraction of sp³-hybridized carbons (Fsp3) is 0.750. The van der Waals surface area contributed by atoms with E-state index in [0.717, 1.165) is 6.08 Å². The average Bonchev–Trinajstić information content (AvgIpc) is 2.03. The minimum atomic E-state index is -4.51. The average molecular weight is 261 g/mol. The molecule has 0 amide bonds. The van der Waals surface area contributed by atoms with Crippen LogP contribution in [0.1, 0.15) is 12.8 Å². The number of halogens is 5. The summed E-state index contributed by atoms with van der Waals surface area (Å²) in [5.74, 6) is -0.191. The van der Waals surface area contributed by atoms with Crippen LogP contribution in [0.15, 0.2) is 11.6 Å². The van der Waals surface area contributed by atoms with Crippen molar-refractivity contribution in [1.29, 1.82) is 0 Å². The summed E-state index contributed by atoms with van der Waals surface area (Å²) >= 11 is 3.09. The molecule has 0 aromatic carbocycles. The van der Waals surface area contributed by atoms with Crippen LogP contribution in [0.4, 0.5) is 17.6 Å². The Bertz CT molecular complexity index is 209. The molecule has 0 aromatic heterocycles. The standard InChI is InChI=1S/C8H9BrF4/c9-4-5-1-2-7(10)6(3-5)8(11,12)13/h3,5,7H,1-2,4H2. The van der Waals surface area contributed by atoms with Crippen LogP contribution < -0.4 is 0 Å². The van der Waals surface area contributed by atoms with Crippen molar-refractivity contribution < 1.29 is 17.6 Å². The zero-order valence-electron chi connectivity index (χ0n) is 6.74. The maximum absolute atomic E-state index is 12.9. The Kier molecular flexibility index (Phi) is 3.38. The normalized spacial score (nSPS) is 30.1. The minimum absolute atomic E-state index is 0.0262. The third kappa shape index (κ3) is 2.69. The van der Waals surface area contributed by atoms with Gasteiger partial charge in [-0.25, -0.2) is 4.39 Å². The zero-order valence-corrected chi connectivity index (χ0v) is 8.33. The predicted octanol–water partition coefficient (Wildman–Crippen LogP) is 3.62. The highest BCUT2D eigenvalue weighted by Crippen LogP contribution is 2.37. The second kappa shape index (κ2) is 3.98. The van der Waals surface area contributed by atoms with E-state index in [4.69, 9.17) is 0 Å². The van der Waals surface area contributed by atoms with Crippen LogP contribution >= 0.6 is 15.9 Å². The lowest BCUT2D eigenvalue weighted by atomic mass is 9.90. The Hall–Kier alpha value is -0.0600. The first-order valence-electron chi connectivity index (χ1n) is 3.94. The topological polar surface area (TPSA) is 0 Å². The first-order valence-corrected chi connectivity index (χ1v) is 5.06. The Balaban J connectivity index is 2.84. The molecule has 2 atom stereocenters. The van der Waals surface area contributed by atoms with E-state index in [1.54, 1.807) is 0 Å². The highest BCUT2D eigenvalue weighted by molar-refractivity contribution is 9.09. The van der Waals surface area contributed by atoms with Crippen LogP contribution in [0.2, 0.25) is 0 Å². The Morgan fingerprint density at radius 2 is 2.00 bits per heavy atom. The van der Waals surface area contributed by atoms with Gasteiger partial charge in [0.1, 0.15) is 6.17 Å². The number of rotatable bonds is 1. The summed E-state index contributed by atoms with van der Waals surface area (Å²) in [5.41, 5.74) is -1.01. The molecule has 76 valence electrons. The van der Waals surface area contributed by atoms with Gasteiger partial charge in [-0.3, -0.25) is 0 Å². The van der Waals surface area contributed by atoms with Gasteiger partial charge in [0.25, 0.3) is 0 Å². The van der Waals surface area contributed by atoms with Gasteiger partial charge in [0.05, 0.1) is 5.57 Å². The van der Waals surface area contributed by atoms with Gasteiger partial charge in [0, 0.05) is 5.33 Å². The Morgan fingerprint density at radius 1 is 1.38 bits per heavy atom. The zero-order chi connectivity index (χ0) is 10.1. The third-order valence-electron chi connectivity index (χ3n) is 2.07. The van der Waals surface area contributed by atoms with E-state index in [-0.39, 0.29) is 12.3 Å². The monoisotopic (exact) mass is 260 g/mol. The van der Waals surface area contributed by atoms with Crippen LogP contribution in [-0.4, -0.2) is 17.7 Å². The fourth-order valence-electron chi connectivity index (χ4n) is 1.35. The van der Waals surface area contributed by atoms with Crippen molar-refractivity contribution in [3.63, 3.8) is 0 Å². The molecule has 2 unspecified atom stereocenters. The van der Waals surface area contributed by atoms with Crippen molar-refractivity contribution in [2.24, 2.45) is 5.92 Å². The van der Waals surface area contributed by atoms with Crippen molar-refractivity contribution in [3.8, 4) is 0 Å². The van der Waals surface area contributed by atoms with Crippen molar-refractivity contribution in [1.82, 2.24) is 0 Å². The molecule has 13 heavy (non-hydrogen) atoms. The van der Waals surface area contributed by atoms with Gasteiger partial charge < -0.3 is 0 Å². The summed E-state index contributed by atoms with van der Waals surface area (Å²) in [6.07, 6.45) is -4.90. The maximum atomic E-state index is 12.9. The van der Waals surface area contributed by atoms with E-state index in [0.29, 0.717) is 11.8 Å². The lowest BCUT2D eigenvalue weighted by Crippen LogP contribution is -2.26. The molecular weight excluding hydrogens is 252 g/mol. The number of allylic oxidation sites excluding steroid dienone is 2. The molecule has 0 aromatic rings. The van der Waals surface area contributed by atoms with Crippen molar-refractivity contribution in [3.05, 3.63) is 11.6 Å². The van der Waals surface area contributed by atoms with Crippen molar-refractivity contribution in [2.75, 3.05) is 5.33 Å². The van der Waals surface area contributed by atoms with Crippen molar-refractivity contribution >= 4 is 15.9 Å². The van der Waals surface area contributed by atoms with Gasteiger partial charge in [0.2, 0.25) is 0 Å². The Labute approximate surface area is 82.1 Å². The maximum Gasteiger partial charge on any atom is 0.415 e. The number of hydrogen-bond donors (Lipinski definition) is 0. The second-order valence-corrected chi connectivity index (χ2v) is 3.73. The molecule has 0 N–H and O–H groups in total. The molecule has 0 bridgehead atoms. The smallest absolute Gasteiger partial charge is 0.242 e. The van der Waals surface area contributed by atoms with Gasteiger partial charge in [-0.2, -0.15) is 13.2 Å². The SMILES string of the molecule is FC1CCC(CBr)C=C1C(F)(F)F. The molecule has 0 spiro atoms. The van der Waals surface area contributed by atoms with Crippen LogP contribution in [-0.2, 0) is 0 Å².